The van der Waals surface area contributed by atoms with E-state index in [1.165, 1.54) is 0 Å². The number of aromatic nitrogens is 1. The molecular formula is C14H23N3OS. The first-order valence-electron chi connectivity index (χ1n) is 7.10. The number of rotatable bonds is 5. The van der Waals surface area contributed by atoms with Gasteiger partial charge in [-0.3, -0.25) is 4.79 Å². The summed E-state index contributed by atoms with van der Waals surface area (Å²) in [5.41, 5.74) is 6.41. The Hall–Kier alpha value is -0.940. The van der Waals surface area contributed by atoms with E-state index in [0.29, 0.717) is 13.0 Å². The molecule has 4 nitrogen and oxygen atoms in total. The van der Waals surface area contributed by atoms with E-state index in [1.54, 1.807) is 11.3 Å². The number of likely N-dealkylation sites (tertiary alicyclic amines) is 1. The maximum absolute atomic E-state index is 12.2. The van der Waals surface area contributed by atoms with Gasteiger partial charge >= 0.3 is 0 Å². The van der Waals surface area contributed by atoms with Crippen molar-refractivity contribution in [2.75, 3.05) is 19.6 Å². The van der Waals surface area contributed by atoms with Gasteiger partial charge in [-0.05, 0) is 31.7 Å². The summed E-state index contributed by atoms with van der Waals surface area (Å²) in [5.74, 6) is 0.980. The minimum absolute atomic E-state index is 0.225. The van der Waals surface area contributed by atoms with E-state index < -0.39 is 0 Å². The average molecular weight is 281 g/mol. The van der Waals surface area contributed by atoms with Gasteiger partial charge in [0.25, 0.3) is 0 Å². The van der Waals surface area contributed by atoms with E-state index in [4.69, 9.17) is 5.73 Å². The van der Waals surface area contributed by atoms with Crippen LogP contribution in [0.1, 0.15) is 36.9 Å². The van der Waals surface area contributed by atoms with Crippen LogP contribution >= 0.6 is 11.3 Å². The zero-order valence-electron chi connectivity index (χ0n) is 11.6. The summed E-state index contributed by atoms with van der Waals surface area (Å²) in [5, 5.41) is 3.11. The van der Waals surface area contributed by atoms with Crippen LogP contribution in [0.4, 0.5) is 0 Å². The molecule has 0 radical (unpaired) electrons. The van der Waals surface area contributed by atoms with Gasteiger partial charge < -0.3 is 10.6 Å². The highest BCUT2D eigenvalue weighted by molar-refractivity contribution is 7.09. The largest absolute Gasteiger partial charge is 0.342 e. The number of hydrogen-bond acceptors (Lipinski definition) is 4. The van der Waals surface area contributed by atoms with Crippen molar-refractivity contribution >= 4 is 17.2 Å². The molecule has 1 fully saturated rings. The van der Waals surface area contributed by atoms with Gasteiger partial charge in [0, 0.05) is 24.9 Å². The highest BCUT2D eigenvalue weighted by Gasteiger charge is 2.20. The zero-order valence-corrected chi connectivity index (χ0v) is 12.4. The second-order valence-corrected chi connectivity index (χ2v) is 6.31. The molecule has 1 saturated heterocycles. The van der Waals surface area contributed by atoms with Gasteiger partial charge in [-0.1, -0.05) is 6.92 Å². The summed E-state index contributed by atoms with van der Waals surface area (Å²) in [4.78, 5) is 18.7. The lowest BCUT2D eigenvalue weighted by Gasteiger charge is -2.30. The van der Waals surface area contributed by atoms with Crippen LogP contribution < -0.4 is 5.73 Å². The van der Waals surface area contributed by atoms with Crippen molar-refractivity contribution in [1.82, 2.24) is 9.88 Å². The molecule has 5 heteroatoms. The molecule has 19 heavy (non-hydrogen) atoms. The Labute approximate surface area is 119 Å². The molecule has 1 aromatic rings. The van der Waals surface area contributed by atoms with Crippen molar-refractivity contribution < 1.29 is 4.79 Å². The maximum Gasteiger partial charge on any atom is 0.228 e. The Kier molecular flexibility index (Phi) is 5.34. The van der Waals surface area contributed by atoms with Crippen molar-refractivity contribution in [1.29, 1.82) is 0 Å². The summed E-state index contributed by atoms with van der Waals surface area (Å²) < 4.78 is 0. The third kappa shape index (κ3) is 4.28. The van der Waals surface area contributed by atoms with Crippen LogP contribution in [0.5, 0.6) is 0 Å². The molecular weight excluding hydrogens is 258 g/mol. The average Bonchev–Trinajstić information content (AvgIpc) is 2.84. The van der Waals surface area contributed by atoms with Crippen LogP contribution in [-0.2, 0) is 17.6 Å². The molecule has 0 atom stereocenters. The number of nitrogens with zero attached hydrogens (tertiary/aromatic N) is 2. The highest BCUT2D eigenvalue weighted by atomic mass is 32.1. The van der Waals surface area contributed by atoms with Crippen molar-refractivity contribution in [2.24, 2.45) is 11.7 Å². The van der Waals surface area contributed by atoms with E-state index in [2.05, 4.69) is 11.9 Å². The van der Waals surface area contributed by atoms with Crippen LogP contribution in [0.15, 0.2) is 5.38 Å². The molecule has 0 spiro atoms. The molecule has 0 bridgehead atoms. The number of piperidine rings is 1. The molecule has 1 amide bonds. The standard InChI is InChI=1S/C14H23N3OS/c1-11-4-7-17(8-5-11)14(18)9-12-10-19-13(16-12)3-2-6-15/h10-11H,2-9,15H2,1H3. The normalized spacial score (nSPS) is 16.8. The first-order valence-corrected chi connectivity index (χ1v) is 7.98. The van der Waals surface area contributed by atoms with Crippen LogP contribution in [0, 0.1) is 5.92 Å². The topological polar surface area (TPSA) is 59.2 Å². The second kappa shape index (κ2) is 7.01. The lowest BCUT2D eigenvalue weighted by atomic mass is 9.99. The minimum Gasteiger partial charge on any atom is -0.342 e. The number of carbonyl (C=O) groups is 1. The van der Waals surface area contributed by atoms with Crippen molar-refractivity contribution in [2.45, 2.75) is 39.0 Å². The maximum atomic E-state index is 12.2. The number of hydrogen-bond donors (Lipinski definition) is 1. The Morgan fingerprint density at radius 3 is 2.95 bits per heavy atom. The van der Waals surface area contributed by atoms with Gasteiger partial charge in [0.05, 0.1) is 17.1 Å². The van der Waals surface area contributed by atoms with Crippen molar-refractivity contribution in [3.8, 4) is 0 Å². The van der Waals surface area contributed by atoms with E-state index in [9.17, 15) is 4.79 Å². The SMILES string of the molecule is CC1CCN(C(=O)Cc2csc(CCCN)n2)CC1. The Balaban J connectivity index is 1.83. The fourth-order valence-electron chi connectivity index (χ4n) is 2.32. The van der Waals surface area contributed by atoms with Gasteiger partial charge in [0.2, 0.25) is 5.91 Å². The third-order valence-corrected chi connectivity index (χ3v) is 4.62. The van der Waals surface area contributed by atoms with E-state index in [0.717, 1.165) is 55.4 Å². The van der Waals surface area contributed by atoms with Crippen LogP contribution in [0.25, 0.3) is 0 Å². The van der Waals surface area contributed by atoms with Crippen LogP contribution in [0.2, 0.25) is 0 Å². The number of thiazole rings is 1. The first kappa shape index (κ1) is 14.5. The summed E-state index contributed by atoms with van der Waals surface area (Å²) >= 11 is 1.64. The second-order valence-electron chi connectivity index (χ2n) is 5.36. The predicted molar refractivity (Wildman–Crippen MR) is 78.2 cm³/mol. The Morgan fingerprint density at radius 1 is 1.53 bits per heavy atom. The van der Waals surface area contributed by atoms with Crippen LogP contribution in [-0.4, -0.2) is 35.4 Å². The molecule has 0 aromatic carbocycles. The van der Waals surface area contributed by atoms with Gasteiger partial charge in [0.15, 0.2) is 0 Å². The Bertz CT molecular complexity index is 411. The summed E-state index contributed by atoms with van der Waals surface area (Å²) in [6, 6.07) is 0. The van der Waals surface area contributed by atoms with Gasteiger partial charge in [-0.2, -0.15) is 0 Å². The molecule has 1 aliphatic heterocycles. The van der Waals surface area contributed by atoms with Gasteiger partial charge in [-0.15, -0.1) is 11.3 Å². The van der Waals surface area contributed by atoms with E-state index >= 15 is 0 Å². The summed E-state index contributed by atoms with van der Waals surface area (Å²) in [6.07, 6.45) is 4.60. The monoisotopic (exact) mass is 281 g/mol. The number of carbonyl (C=O) groups excluding carboxylic acids is 1. The van der Waals surface area contributed by atoms with Crippen molar-refractivity contribution in [3.05, 3.63) is 16.1 Å². The molecule has 1 aromatic heterocycles. The number of nitrogens with two attached hydrogens (primary N) is 1. The Morgan fingerprint density at radius 2 is 2.26 bits per heavy atom. The molecule has 0 unspecified atom stereocenters. The van der Waals surface area contributed by atoms with E-state index in [-0.39, 0.29) is 5.91 Å². The minimum atomic E-state index is 0.225. The predicted octanol–water partition coefficient (Wildman–Crippen LogP) is 1.84. The molecule has 2 rings (SSSR count). The molecule has 0 saturated carbocycles. The lowest BCUT2D eigenvalue weighted by Crippen LogP contribution is -2.38. The van der Waals surface area contributed by atoms with E-state index in [1.807, 2.05) is 10.3 Å². The van der Waals surface area contributed by atoms with Crippen LogP contribution in [0.3, 0.4) is 0 Å². The lowest BCUT2D eigenvalue weighted by molar-refractivity contribution is -0.131. The third-order valence-electron chi connectivity index (χ3n) is 3.66. The zero-order chi connectivity index (χ0) is 13.7. The number of aryl methyl sites for hydroxylation is 1. The molecule has 106 valence electrons. The quantitative estimate of drug-likeness (QED) is 0.896. The smallest absolute Gasteiger partial charge is 0.228 e. The van der Waals surface area contributed by atoms with Gasteiger partial charge in [-0.25, -0.2) is 4.98 Å². The first-order chi connectivity index (χ1) is 9.19. The molecule has 2 heterocycles. The molecule has 1 aliphatic rings. The van der Waals surface area contributed by atoms with Gasteiger partial charge in [0.1, 0.15) is 0 Å². The van der Waals surface area contributed by atoms with Crippen molar-refractivity contribution in [3.63, 3.8) is 0 Å². The number of amides is 1. The fourth-order valence-corrected chi connectivity index (χ4v) is 3.16. The fraction of sp³-hybridized carbons (Fsp3) is 0.714. The molecule has 2 N–H and O–H groups in total. The summed E-state index contributed by atoms with van der Waals surface area (Å²) in [7, 11) is 0. The molecule has 0 aliphatic carbocycles. The summed E-state index contributed by atoms with van der Waals surface area (Å²) in [6.45, 7) is 4.76. The highest BCUT2D eigenvalue weighted by Crippen LogP contribution is 2.18.